The second kappa shape index (κ2) is 5.71. The number of nitrogens with one attached hydrogen (secondary N) is 1. The van der Waals surface area contributed by atoms with E-state index < -0.39 is 21.0 Å². The highest BCUT2D eigenvalue weighted by atomic mass is 32.2. The number of methoxy groups -OCH3 is 1. The van der Waals surface area contributed by atoms with Crippen molar-refractivity contribution in [2.24, 2.45) is 5.14 Å². The zero-order valence-corrected chi connectivity index (χ0v) is 10.0. The van der Waals surface area contributed by atoms with E-state index in [1.807, 2.05) is 0 Å². The van der Waals surface area contributed by atoms with E-state index in [4.69, 9.17) is 9.88 Å². The van der Waals surface area contributed by atoms with Crippen LogP contribution in [0.5, 0.6) is 0 Å². The van der Waals surface area contributed by atoms with Gasteiger partial charge in [-0.05, 0) is 12.1 Å². The molecule has 0 aromatic carbocycles. The average Bonchev–Trinajstić information content (AvgIpc) is 2.28. The molecule has 0 saturated carbocycles. The first kappa shape index (κ1) is 13.6. The summed E-state index contributed by atoms with van der Waals surface area (Å²) in [6.45, 7) is 0.602. The lowest BCUT2D eigenvalue weighted by molar-refractivity contribution is 0.0933. The third-order valence-corrected chi connectivity index (χ3v) is 2.74. The topological polar surface area (TPSA) is 111 Å². The molecule has 0 fully saturated rings. The van der Waals surface area contributed by atoms with Crippen LogP contribution in [0.4, 0.5) is 0 Å². The number of carbonyl (C=O) groups is 1. The van der Waals surface area contributed by atoms with Crippen molar-refractivity contribution in [3.63, 3.8) is 0 Å². The molecule has 0 radical (unpaired) electrons. The first-order chi connectivity index (χ1) is 7.96. The summed E-state index contributed by atoms with van der Waals surface area (Å²) in [5, 5.41) is 7.01. The fourth-order valence-corrected chi connectivity index (χ4v) is 1.83. The molecule has 94 valence electrons. The fraction of sp³-hybridized carbons (Fsp3) is 0.333. The number of amides is 1. The summed E-state index contributed by atoms with van der Waals surface area (Å²) in [6.07, 6.45) is 1.26. The number of carbonyl (C=O) groups excluding carboxylic acids is 1. The van der Waals surface area contributed by atoms with Crippen LogP contribution in [0.2, 0.25) is 0 Å². The van der Waals surface area contributed by atoms with Crippen LogP contribution in [0, 0.1) is 0 Å². The van der Waals surface area contributed by atoms with Gasteiger partial charge in [-0.2, -0.15) is 0 Å². The Morgan fingerprint density at radius 2 is 2.29 bits per heavy atom. The van der Waals surface area contributed by atoms with Gasteiger partial charge in [-0.25, -0.2) is 18.5 Å². The van der Waals surface area contributed by atoms with E-state index >= 15 is 0 Å². The van der Waals surface area contributed by atoms with Crippen molar-refractivity contribution < 1.29 is 17.9 Å². The van der Waals surface area contributed by atoms with E-state index in [2.05, 4.69) is 10.3 Å². The Kier molecular flexibility index (Phi) is 4.55. The van der Waals surface area contributed by atoms with Crippen molar-refractivity contribution in [3.8, 4) is 0 Å². The van der Waals surface area contributed by atoms with Crippen LogP contribution in [0.1, 0.15) is 10.4 Å². The molecular formula is C9H13N3O4S. The Morgan fingerprint density at radius 1 is 1.59 bits per heavy atom. The number of rotatable bonds is 5. The van der Waals surface area contributed by atoms with Crippen LogP contribution in [-0.4, -0.2) is 39.6 Å². The van der Waals surface area contributed by atoms with Gasteiger partial charge in [0.1, 0.15) is 0 Å². The van der Waals surface area contributed by atoms with E-state index in [-0.39, 0.29) is 12.1 Å². The Labute approximate surface area is 99.0 Å². The summed E-state index contributed by atoms with van der Waals surface area (Å²) < 4.78 is 27.1. The van der Waals surface area contributed by atoms with E-state index in [0.717, 1.165) is 0 Å². The second-order valence-corrected chi connectivity index (χ2v) is 4.63. The quantitative estimate of drug-likeness (QED) is 0.666. The number of hydrogen-bond donors (Lipinski definition) is 2. The molecule has 0 spiro atoms. The third-order valence-electron chi connectivity index (χ3n) is 1.88. The summed E-state index contributed by atoms with van der Waals surface area (Å²) in [5.41, 5.74) is -0.0777. The number of primary sulfonamides is 1. The Balaban J connectivity index is 2.94. The molecule has 1 aromatic heterocycles. The van der Waals surface area contributed by atoms with Gasteiger partial charge in [0.25, 0.3) is 15.9 Å². The maximum Gasteiger partial charge on any atom is 0.256 e. The smallest absolute Gasteiger partial charge is 0.256 e. The summed E-state index contributed by atoms with van der Waals surface area (Å²) >= 11 is 0. The third kappa shape index (κ3) is 3.77. The molecule has 0 bridgehead atoms. The number of aromatic nitrogens is 1. The first-order valence-electron chi connectivity index (χ1n) is 4.71. The van der Waals surface area contributed by atoms with Crippen LogP contribution in [0.15, 0.2) is 23.4 Å². The van der Waals surface area contributed by atoms with E-state index in [9.17, 15) is 13.2 Å². The molecule has 0 aliphatic heterocycles. The minimum absolute atomic E-state index is 0.0777. The van der Waals surface area contributed by atoms with Gasteiger partial charge in [0, 0.05) is 19.9 Å². The predicted molar refractivity (Wildman–Crippen MR) is 59.8 cm³/mol. The molecular weight excluding hydrogens is 246 g/mol. The normalized spacial score (nSPS) is 11.2. The number of hydrogen-bond acceptors (Lipinski definition) is 5. The molecule has 1 heterocycles. The monoisotopic (exact) mass is 259 g/mol. The van der Waals surface area contributed by atoms with Gasteiger partial charge in [0.05, 0.1) is 12.2 Å². The van der Waals surface area contributed by atoms with Crippen molar-refractivity contribution in [1.29, 1.82) is 0 Å². The van der Waals surface area contributed by atoms with Crippen LogP contribution >= 0.6 is 0 Å². The van der Waals surface area contributed by atoms with Crippen LogP contribution in [0.3, 0.4) is 0 Å². The SMILES string of the molecule is COCCNC(=O)c1cccnc1S(N)(=O)=O. The molecule has 1 amide bonds. The van der Waals surface area contributed by atoms with Gasteiger partial charge in [-0.1, -0.05) is 0 Å². The summed E-state index contributed by atoms with van der Waals surface area (Å²) in [4.78, 5) is 15.3. The minimum Gasteiger partial charge on any atom is -0.383 e. The number of nitrogens with two attached hydrogens (primary N) is 1. The number of pyridine rings is 1. The zero-order valence-electron chi connectivity index (χ0n) is 9.21. The van der Waals surface area contributed by atoms with Crippen LogP contribution in [0.25, 0.3) is 0 Å². The van der Waals surface area contributed by atoms with Crippen LogP contribution in [-0.2, 0) is 14.8 Å². The molecule has 8 heteroatoms. The standard InChI is InChI=1S/C9H13N3O4S/c1-16-6-5-11-8(13)7-3-2-4-12-9(7)17(10,14)15/h2-4H,5-6H2,1H3,(H,11,13)(H2,10,14,15). The molecule has 17 heavy (non-hydrogen) atoms. The molecule has 0 unspecified atom stereocenters. The Hall–Kier alpha value is -1.51. The maximum atomic E-state index is 11.7. The largest absolute Gasteiger partial charge is 0.383 e. The lowest BCUT2D eigenvalue weighted by Crippen LogP contribution is -2.29. The van der Waals surface area contributed by atoms with Gasteiger partial charge >= 0.3 is 0 Å². The lowest BCUT2D eigenvalue weighted by Gasteiger charge is -2.07. The van der Waals surface area contributed by atoms with E-state index in [0.29, 0.717) is 6.61 Å². The van der Waals surface area contributed by atoms with E-state index in [1.165, 1.54) is 25.4 Å². The van der Waals surface area contributed by atoms with Crippen molar-refractivity contribution in [1.82, 2.24) is 10.3 Å². The first-order valence-corrected chi connectivity index (χ1v) is 6.26. The zero-order chi connectivity index (χ0) is 12.9. The van der Waals surface area contributed by atoms with Crippen molar-refractivity contribution >= 4 is 15.9 Å². The molecule has 0 aliphatic rings. The molecule has 0 atom stereocenters. The average molecular weight is 259 g/mol. The van der Waals surface area contributed by atoms with Crippen molar-refractivity contribution in [3.05, 3.63) is 23.9 Å². The lowest BCUT2D eigenvalue weighted by atomic mass is 10.3. The molecule has 3 N–H and O–H groups in total. The molecule has 0 saturated heterocycles. The van der Waals surface area contributed by atoms with Crippen LogP contribution < -0.4 is 10.5 Å². The highest BCUT2D eigenvalue weighted by Gasteiger charge is 2.19. The van der Waals surface area contributed by atoms with Gasteiger partial charge < -0.3 is 10.1 Å². The minimum atomic E-state index is -4.01. The van der Waals surface area contributed by atoms with Gasteiger partial charge in [0.15, 0.2) is 5.03 Å². The highest BCUT2D eigenvalue weighted by molar-refractivity contribution is 7.89. The van der Waals surface area contributed by atoms with E-state index in [1.54, 1.807) is 0 Å². The molecule has 1 rings (SSSR count). The van der Waals surface area contributed by atoms with Gasteiger partial charge in [0.2, 0.25) is 0 Å². The maximum absolute atomic E-state index is 11.7. The number of nitrogens with zero attached hydrogens (tertiary/aromatic N) is 1. The fourth-order valence-electron chi connectivity index (χ4n) is 1.15. The van der Waals surface area contributed by atoms with Gasteiger partial charge in [-0.3, -0.25) is 4.79 Å². The molecule has 0 aliphatic carbocycles. The number of sulfonamides is 1. The number of ether oxygens (including phenoxy) is 1. The molecule has 1 aromatic rings. The van der Waals surface area contributed by atoms with Gasteiger partial charge in [-0.15, -0.1) is 0 Å². The summed E-state index contributed by atoms with van der Waals surface area (Å²) in [5.74, 6) is -0.556. The Morgan fingerprint density at radius 3 is 2.88 bits per heavy atom. The Bertz CT molecular complexity index is 501. The van der Waals surface area contributed by atoms with Crippen molar-refractivity contribution in [2.75, 3.05) is 20.3 Å². The second-order valence-electron chi connectivity index (χ2n) is 3.15. The highest BCUT2D eigenvalue weighted by Crippen LogP contribution is 2.09. The summed E-state index contributed by atoms with van der Waals surface area (Å²) in [6, 6.07) is 2.80. The predicted octanol–water partition coefficient (Wildman–Crippen LogP) is -0.895. The molecule has 7 nitrogen and oxygen atoms in total. The summed E-state index contributed by atoms with van der Waals surface area (Å²) in [7, 11) is -2.52. The van der Waals surface area contributed by atoms with Crippen molar-refractivity contribution in [2.45, 2.75) is 5.03 Å².